The summed E-state index contributed by atoms with van der Waals surface area (Å²) in [5, 5.41) is 11.9. The van der Waals surface area contributed by atoms with Crippen molar-refractivity contribution in [3.63, 3.8) is 0 Å². The summed E-state index contributed by atoms with van der Waals surface area (Å²) in [6.45, 7) is 0. The predicted molar refractivity (Wildman–Crippen MR) is 96.5 cm³/mol. The molecule has 128 valence electrons. The molecule has 2 aromatic heterocycles. The molecule has 0 saturated heterocycles. The van der Waals surface area contributed by atoms with E-state index in [1.165, 1.54) is 29.3 Å². The second-order valence-corrected chi connectivity index (χ2v) is 6.96. The third-order valence-corrected chi connectivity index (χ3v) is 5.31. The van der Waals surface area contributed by atoms with Crippen LogP contribution in [0.25, 0.3) is 11.6 Å². The fourth-order valence-corrected chi connectivity index (χ4v) is 3.75. The number of fused-ring (bicyclic) bond motifs is 1. The molecular formula is C18H18N4O2S. The molecule has 0 radical (unpaired) electrons. The maximum atomic E-state index is 12.2. The van der Waals surface area contributed by atoms with Gasteiger partial charge >= 0.3 is 0 Å². The average molecular weight is 354 g/mol. The minimum atomic E-state index is -0.0505. The van der Waals surface area contributed by atoms with Crippen molar-refractivity contribution in [2.75, 3.05) is 11.1 Å². The lowest BCUT2D eigenvalue weighted by atomic mass is 10.1. The molecule has 0 atom stereocenters. The van der Waals surface area contributed by atoms with E-state index in [1.54, 1.807) is 12.3 Å². The Morgan fingerprint density at radius 3 is 3.00 bits per heavy atom. The summed E-state index contributed by atoms with van der Waals surface area (Å²) in [5.74, 6) is 1.53. The molecule has 6 nitrogen and oxygen atoms in total. The molecule has 25 heavy (non-hydrogen) atoms. The number of hydrogen-bond acceptors (Lipinski definition) is 5. The number of anilines is 1. The van der Waals surface area contributed by atoms with Gasteiger partial charge in [-0.15, -0.1) is 10.2 Å². The Kier molecular flexibility index (Phi) is 4.31. The standard InChI is InChI=1S/C18H18N4O2S/c1-22-17(15-6-3-9-24-15)20-21-18(22)25-11-16(23)19-14-8-7-12-4-2-5-13(12)10-14/h3,6-10H,2,4-5,11H2,1H3,(H,19,23). The van der Waals surface area contributed by atoms with Crippen LogP contribution in [0.5, 0.6) is 0 Å². The van der Waals surface area contributed by atoms with E-state index in [-0.39, 0.29) is 11.7 Å². The SMILES string of the molecule is Cn1c(SCC(=O)Nc2ccc3c(c2)CCC3)nnc1-c1ccco1. The second kappa shape index (κ2) is 6.76. The van der Waals surface area contributed by atoms with Crippen molar-refractivity contribution < 1.29 is 9.21 Å². The Morgan fingerprint density at radius 2 is 2.16 bits per heavy atom. The topological polar surface area (TPSA) is 73.0 Å². The lowest BCUT2D eigenvalue weighted by Gasteiger charge is -2.07. The smallest absolute Gasteiger partial charge is 0.234 e. The van der Waals surface area contributed by atoms with Crippen molar-refractivity contribution in [3.8, 4) is 11.6 Å². The zero-order valence-corrected chi connectivity index (χ0v) is 14.7. The van der Waals surface area contributed by atoms with Crippen molar-refractivity contribution in [1.29, 1.82) is 0 Å². The summed E-state index contributed by atoms with van der Waals surface area (Å²) in [7, 11) is 1.86. The highest BCUT2D eigenvalue weighted by Gasteiger charge is 2.15. The van der Waals surface area contributed by atoms with E-state index >= 15 is 0 Å². The fraction of sp³-hybridized carbons (Fsp3) is 0.278. The molecule has 1 aliphatic carbocycles. The van der Waals surface area contributed by atoms with Gasteiger partial charge in [0.1, 0.15) is 0 Å². The van der Waals surface area contributed by atoms with Gasteiger partial charge in [-0.2, -0.15) is 0 Å². The quantitative estimate of drug-likeness (QED) is 0.712. The molecule has 0 saturated carbocycles. The molecule has 1 aliphatic rings. The molecule has 7 heteroatoms. The highest BCUT2D eigenvalue weighted by atomic mass is 32.2. The Balaban J connectivity index is 1.38. The molecule has 0 fully saturated rings. The molecule has 0 aliphatic heterocycles. The van der Waals surface area contributed by atoms with Crippen LogP contribution in [0.3, 0.4) is 0 Å². The summed E-state index contributed by atoms with van der Waals surface area (Å²) < 4.78 is 7.17. The Labute approximate surface area is 149 Å². The minimum Gasteiger partial charge on any atom is -0.461 e. The monoisotopic (exact) mass is 354 g/mol. The van der Waals surface area contributed by atoms with E-state index in [1.807, 2.05) is 23.7 Å². The number of furan rings is 1. The van der Waals surface area contributed by atoms with Gasteiger partial charge in [-0.05, 0) is 54.7 Å². The van der Waals surface area contributed by atoms with Crippen molar-refractivity contribution in [2.24, 2.45) is 7.05 Å². The molecule has 1 amide bonds. The highest BCUT2D eigenvalue weighted by molar-refractivity contribution is 7.99. The van der Waals surface area contributed by atoms with Gasteiger partial charge in [0.2, 0.25) is 5.91 Å². The van der Waals surface area contributed by atoms with E-state index in [4.69, 9.17) is 4.42 Å². The maximum Gasteiger partial charge on any atom is 0.234 e. The number of carbonyl (C=O) groups is 1. The van der Waals surface area contributed by atoms with Gasteiger partial charge in [-0.1, -0.05) is 17.8 Å². The Hall–Kier alpha value is -2.54. The molecule has 1 aromatic carbocycles. The van der Waals surface area contributed by atoms with E-state index in [2.05, 4.69) is 27.6 Å². The van der Waals surface area contributed by atoms with Crippen LogP contribution in [-0.2, 0) is 24.7 Å². The number of amides is 1. The maximum absolute atomic E-state index is 12.2. The van der Waals surface area contributed by atoms with Crippen molar-refractivity contribution in [1.82, 2.24) is 14.8 Å². The Morgan fingerprint density at radius 1 is 1.28 bits per heavy atom. The first-order chi connectivity index (χ1) is 12.2. The number of nitrogens with zero attached hydrogens (tertiary/aromatic N) is 3. The van der Waals surface area contributed by atoms with E-state index in [0.29, 0.717) is 16.7 Å². The third-order valence-electron chi connectivity index (χ3n) is 4.29. The number of nitrogens with one attached hydrogen (secondary N) is 1. The van der Waals surface area contributed by atoms with Crippen LogP contribution in [0.15, 0.2) is 46.2 Å². The molecule has 1 N–H and O–H groups in total. The van der Waals surface area contributed by atoms with Gasteiger partial charge in [-0.3, -0.25) is 4.79 Å². The van der Waals surface area contributed by atoms with Crippen LogP contribution in [0.1, 0.15) is 17.5 Å². The van der Waals surface area contributed by atoms with Crippen molar-refractivity contribution >= 4 is 23.4 Å². The number of thioether (sulfide) groups is 1. The number of aromatic nitrogens is 3. The first kappa shape index (κ1) is 16.0. The predicted octanol–water partition coefficient (Wildman–Crippen LogP) is 3.29. The Bertz CT molecular complexity index is 902. The molecule has 0 unspecified atom stereocenters. The normalized spacial score (nSPS) is 13.0. The molecule has 0 spiro atoms. The first-order valence-corrected chi connectivity index (χ1v) is 9.17. The van der Waals surface area contributed by atoms with Gasteiger partial charge in [0.25, 0.3) is 0 Å². The highest BCUT2D eigenvalue weighted by Crippen LogP contribution is 2.26. The molecular weight excluding hydrogens is 336 g/mol. The summed E-state index contributed by atoms with van der Waals surface area (Å²) in [4.78, 5) is 12.2. The zero-order chi connectivity index (χ0) is 17.2. The van der Waals surface area contributed by atoms with Gasteiger partial charge in [0.15, 0.2) is 16.7 Å². The number of carbonyl (C=O) groups excluding carboxylic acids is 1. The summed E-state index contributed by atoms with van der Waals surface area (Å²) in [6.07, 6.45) is 5.04. The average Bonchev–Trinajstić information content (AvgIpc) is 3.33. The van der Waals surface area contributed by atoms with Gasteiger partial charge in [0, 0.05) is 12.7 Å². The number of aryl methyl sites for hydroxylation is 2. The third kappa shape index (κ3) is 3.32. The number of benzene rings is 1. The first-order valence-electron chi connectivity index (χ1n) is 8.18. The largest absolute Gasteiger partial charge is 0.461 e. The van der Waals surface area contributed by atoms with Gasteiger partial charge in [-0.25, -0.2) is 0 Å². The fourth-order valence-electron chi connectivity index (χ4n) is 3.04. The van der Waals surface area contributed by atoms with Crippen LogP contribution in [0.4, 0.5) is 5.69 Å². The number of hydrogen-bond donors (Lipinski definition) is 1. The van der Waals surface area contributed by atoms with Crippen molar-refractivity contribution in [2.45, 2.75) is 24.4 Å². The van der Waals surface area contributed by atoms with Crippen LogP contribution < -0.4 is 5.32 Å². The molecule has 0 bridgehead atoms. The van der Waals surface area contributed by atoms with Crippen molar-refractivity contribution in [3.05, 3.63) is 47.7 Å². The minimum absolute atomic E-state index is 0.0505. The number of rotatable bonds is 5. The van der Waals surface area contributed by atoms with E-state index < -0.39 is 0 Å². The van der Waals surface area contributed by atoms with E-state index in [0.717, 1.165) is 18.5 Å². The van der Waals surface area contributed by atoms with Crippen LogP contribution >= 0.6 is 11.8 Å². The second-order valence-electron chi connectivity index (χ2n) is 6.02. The van der Waals surface area contributed by atoms with Crippen LogP contribution in [0, 0.1) is 0 Å². The summed E-state index contributed by atoms with van der Waals surface area (Å²) >= 11 is 1.35. The molecule has 4 rings (SSSR count). The van der Waals surface area contributed by atoms with Gasteiger partial charge in [0.05, 0.1) is 12.0 Å². The summed E-state index contributed by atoms with van der Waals surface area (Å²) in [6, 6.07) is 9.82. The lowest BCUT2D eigenvalue weighted by molar-refractivity contribution is -0.113. The van der Waals surface area contributed by atoms with Crippen LogP contribution in [0.2, 0.25) is 0 Å². The molecule has 3 aromatic rings. The van der Waals surface area contributed by atoms with E-state index in [9.17, 15) is 4.79 Å². The molecule has 2 heterocycles. The van der Waals surface area contributed by atoms with Crippen LogP contribution in [-0.4, -0.2) is 26.4 Å². The van der Waals surface area contributed by atoms with Gasteiger partial charge < -0.3 is 14.3 Å². The zero-order valence-electron chi connectivity index (χ0n) is 13.9. The lowest BCUT2D eigenvalue weighted by Crippen LogP contribution is -2.14. The summed E-state index contributed by atoms with van der Waals surface area (Å²) in [5.41, 5.74) is 3.61.